The summed E-state index contributed by atoms with van der Waals surface area (Å²) < 4.78 is 5.48. The summed E-state index contributed by atoms with van der Waals surface area (Å²) in [5, 5.41) is 0. The van der Waals surface area contributed by atoms with E-state index in [0.717, 1.165) is 12.8 Å². The molecule has 0 amide bonds. The highest BCUT2D eigenvalue weighted by molar-refractivity contribution is 5.78. The lowest BCUT2D eigenvalue weighted by Gasteiger charge is -2.35. The SMILES string of the molecule is CCCCCCCCCCCCCCCCCCC1C(=O)OC1CCCCCCCCCCCCC. The minimum absolute atomic E-state index is 0.0871. The maximum atomic E-state index is 11.9. The van der Waals surface area contributed by atoms with Crippen molar-refractivity contribution in [3.05, 3.63) is 0 Å². The maximum absolute atomic E-state index is 11.9. The molecule has 0 N–H and O–H groups in total. The molecular weight excluding hydrogens is 440 g/mol. The molecule has 2 nitrogen and oxygen atoms in total. The summed E-state index contributed by atoms with van der Waals surface area (Å²) in [6.45, 7) is 4.58. The Kier molecular flexibility index (Phi) is 24.3. The first-order valence-corrected chi connectivity index (χ1v) is 17.0. The third-order valence-electron chi connectivity index (χ3n) is 8.48. The van der Waals surface area contributed by atoms with Crippen molar-refractivity contribution in [3.63, 3.8) is 0 Å². The van der Waals surface area contributed by atoms with Crippen LogP contribution >= 0.6 is 0 Å². The highest BCUT2D eigenvalue weighted by atomic mass is 16.6. The van der Waals surface area contributed by atoms with E-state index in [4.69, 9.17) is 4.74 Å². The fourth-order valence-electron chi connectivity index (χ4n) is 5.88. The standard InChI is InChI=1S/C34H66O2/c1-3-5-7-9-11-13-15-16-17-18-19-21-22-24-26-28-30-32-33(36-34(32)35)31-29-27-25-23-20-14-12-10-8-6-4-2/h32-33H,3-31H2,1-2H3. The number of cyclic esters (lactones) is 1. The van der Waals surface area contributed by atoms with Crippen molar-refractivity contribution in [1.82, 2.24) is 0 Å². The Morgan fingerprint density at radius 3 is 1.00 bits per heavy atom. The number of carbonyl (C=O) groups excluding carboxylic acids is 1. The van der Waals surface area contributed by atoms with Crippen LogP contribution in [0.3, 0.4) is 0 Å². The average Bonchev–Trinajstić information content (AvgIpc) is 2.88. The predicted octanol–water partition coefficient (Wildman–Crippen LogP) is 11.9. The van der Waals surface area contributed by atoms with Crippen molar-refractivity contribution in [3.8, 4) is 0 Å². The second-order valence-electron chi connectivity index (χ2n) is 12.0. The predicted molar refractivity (Wildman–Crippen MR) is 159 cm³/mol. The van der Waals surface area contributed by atoms with E-state index in [9.17, 15) is 4.79 Å². The molecule has 1 aliphatic heterocycles. The zero-order valence-electron chi connectivity index (χ0n) is 25.0. The van der Waals surface area contributed by atoms with E-state index in [-0.39, 0.29) is 18.0 Å². The molecule has 0 aromatic heterocycles. The summed E-state index contributed by atoms with van der Waals surface area (Å²) >= 11 is 0. The molecule has 0 aromatic rings. The number of ether oxygens (including phenoxy) is 1. The van der Waals surface area contributed by atoms with Gasteiger partial charge >= 0.3 is 5.97 Å². The summed E-state index contributed by atoms with van der Waals surface area (Å²) in [7, 11) is 0. The van der Waals surface area contributed by atoms with E-state index in [1.807, 2.05) is 0 Å². The molecule has 2 atom stereocenters. The van der Waals surface area contributed by atoms with E-state index < -0.39 is 0 Å². The van der Waals surface area contributed by atoms with Gasteiger partial charge in [0.1, 0.15) is 6.10 Å². The molecule has 1 fully saturated rings. The molecule has 0 aliphatic carbocycles. The van der Waals surface area contributed by atoms with Crippen LogP contribution in [0.25, 0.3) is 0 Å². The first-order chi connectivity index (χ1) is 17.8. The summed E-state index contributed by atoms with van der Waals surface area (Å²) in [6, 6.07) is 0. The highest BCUT2D eigenvalue weighted by Gasteiger charge is 2.40. The maximum Gasteiger partial charge on any atom is 0.313 e. The van der Waals surface area contributed by atoms with Gasteiger partial charge in [0.15, 0.2) is 0 Å². The molecule has 0 saturated carbocycles. The van der Waals surface area contributed by atoms with Crippen LogP contribution in [-0.4, -0.2) is 12.1 Å². The van der Waals surface area contributed by atoms with Crippen molar-refractivity contribution in [2.45, 2.75) is 206 Å². The van der Waals surface area contributed by atoms with Gasteiger partial charge in [-0.3, -0.25) is 4.79 Å². The quantitative estimate of drug-likeness (QED) is 0.0744. The van der Waals surface area contributed by atoms with Crippen molar-refractivity contribution in [2.75, 3.05) is 0 Å². The van der Waals surface area contributed by atoms with Crippen LogP contribution in [0.2, 0.25) is 0 Å². The molecule has 1 saturated heterocycles. The molecule has 36 heavy (non-hydrogen) atoms. The van der Waals surface area contributed by atoms with E-state index in [0.29, 0.717) is 0 Å². The minimum atomic E-state index is 0.0871. The minimum Gasteiger partial charge on any atom is -0.461 e. The van der Waals surface area contributed by atoms with Crippen molar-refractivity contribution < 1.29 is 9.53 Å². The van der Waals surface area contributed by atoms with Crippen molar-refractivity contribution in [1.29, 1.82) is 0 Å². The topological polar surface area (TPSA) is 26.3 Å². The van der Waals surface area contributed by atoms with Gasteiger partial charge in [-0.2, -0.15) is 0 Å². The van der Waals surface area contributed by atoms with Crippen LogP contribution in [0, 0.1) is 5.92 Å². The van der Waals surface area contributed by atoms with Gasteiger partial charge in [-0.25, -0.2) is 0 Å². The van der Waals surface area contributed by atoms with Gasteiger partial charge in [0.25, 0.3) is 0 Å². The highest BCUT2D eigenvalue weighted by Crippen LogP contribution is 2.31. The molecule has 1 heterocycles. The number of hydrogen-bond acceptors (Lipinski definition) is 2. The lowest BCUT2D eigenvalue weighted by Crippen LogP contribution is -2.44. The average molecular weight is 507 g/mol. The molecule has 0 bridgehead atoms. The van der Waals surface area contributed by atoms with Crippen LogP contribution in [-0.2, 0) is 9.53 Å². The molecule has 1 aliphatic rings. The van der Waals surface area contributed by atoms with Crippen molar-refractivity contribution >= 4 is 5.97 Å². The largest absolute Gasteiger partial charge is 0.461 e. The van der Waals surface area contributed by atoms with Gasteiger partial charge in [0.2, 0.25) is 0 Å². The summed E-state index contributed by atoms with van der Waals surface area (Å²) in [5.74, 6) is 0.309. The van der Waals surface area contributed by atoms with Crippen LogP contribution < -0.4 is 0 Å². The zero-order chi connectivity index (χ0) is 25.9. The monoisotopic (exact) mass is 507 g/mol. The first kappa shape index (κ1) is 33.5. The Bertz CT molecular complexity index is 460. The van der Waals surface area contributed by atoms with Crippen molar-refractivity contribution in [2.24, 2.45) is 5.92 Å². The Labute approximate surface area is 227 Å². The van der Waals surface area contributed by atoms with E-state index in [2.05, 4.69) is 13.8 Å². The molecule has 1 rings (SSSR count). The Morgan fingerprint density at radius 2 is 0.694 bits per heavy atom. The lowest BCUT2D eigenvalue weighted by atomic mass is 9.87. The van der Waals surface area contributed by atoms with Gasteiger partial charge in [-0.15, -0.1) is 0 Å². The number of unbranched alkanes of at least 4 members (excludes halogenated alkanes) is 25. The van der Waals surface area contributed by atoms with Gasteiger partial charge < -0.3 is 4.74 Å². The third-order valence-corrected chi connectivity index (χ3v) is 8.48. The van der Waals surface area contributed by atoms with E-state index in [1.54, 1.807) is 0 Å². The molecule has 0 aromatic carbocycles. The summed E-state index contributed by atoms with van der Waals surface area (Å²) in [6.07, 6.45) is 40.0. The molecule has 2 heteroatoms. The molecule has 0 radical (unpaired) electrons. The Morgan fingerprint density at radius 1 is 0.417 bits per heavy atom. The fraction of sp³-hybridized carbons (Fsp3) is 0.971. The molecule has 214 valence electrons. The van der Waals surface area contributed by atoms with Gasteiger partial charge in [-0.05, 0) is 19.3 Å². The Hall–Kier alpha value is -0.530. The summed E-state index contributed by atoms with van der Waals surface area (Å²) in [4.78, 5) is 11.9. The summed E-state index contributed by atoms with van der Waals surface area (Å²) in [5.41, 5.74) is 0. The molecular formula is C34H66O2. The van der Waals surface area contributed by atoms with Crippen LogP contribution in [0.1, 0.15) is 200 Å². The fourth-order valence-corrected chi connectivity index (χ4v) is 5.88. The van der Waals surface area contributed by atoms with Gasteiger partial charge in [0.05, 0.1) is 5.92 Å². The number of carbonyl (C=O) groups is 1. The van der Waals surface area contributed by atoms with E-state index >= 15 is 0 Å². The molecule has 2 unspecified atom stereocenters. The normalized spacial score (nSPS) is 17.3. The van der Waals surface area contributed by atoms with Gasteiger partial charge in [0, 0.05) is 0 Å². The smallest absolute Gasteiger partial charge is 0.313 e. The number of rotatable bonds is 29. The number of esters is 1. The first-order valence-electron chi connectivity index (χ1n) is 17.0. The third kappa shape index (κ3) is 19.6. The second kappa shape index (κ2) is 26.1. The molecule has 0 spiro atoms. The Balaban J connectivity index is 1.81. The second-order valence-corrected chi connectivity index (χ2v) is 12.0. The van der Waals surface area contributed by atoms with Crippen LogP contribution in [0.5, 0.6) is 0 Å². The van der Waals surface area contributed by atoms with Crippen LogP contribution in [0.4, 0.5) is 0 Å². The lowest BCUT2D eigenvalue weighted by molar-refractivity contribution is -0.186. The van der Waals surface area contributed by atoms with Crippen LogP contribution in [0.15, 0.2) is 0 Å². The van der Waals surface area contributed by atoms with Gasteiger partial charge in [-0.1, -0.05) is 181 Å². The number of hydrogen-bond donors (Lipinski definition) is 0. The van der Waals surface area contributed by atoms with E-state index in [1.165, 1.54) is 173 Å². The zero-order valence-corrected chi connectivity index (χ0v) is 25.0.